The van der Waals surface area contributed by atoms with Crippen LogP contribution in [0.1, 0.15) is 0 Å². The highest BCUT2D eigenvalue weighted by Gasteiger charge is 1.97. The molecule has 68 valence electrons. The van der Waals surface area contributed by atoms with Crippen molar-refractivity contribution in [2.45, 2.75) is 0 Å². The maximum Gasteiger partial charge on any atom is 0.240 e. The van der Waals surface area contributed by atoms with Crippen LogP contribution in [0.4, 0.5) is 11.4 Å². The number of nitrogens with zero attached hydrogens (tertiary/aromatic N) is 1. The van der Waals surface area contributed by atoms with Crippen LogP contribution in [0.2, 0.25) is 0 Å². The SMILES string of the molecule is O=C=Nc1ccccc1NS(=O)[O-]. The lowest BCUT2D eigenvalue weighted by atomic mass is 10.3. The Hall–Kier alpha value is -1.49. The summed E-state index contributed by atoms with van der Waals surface area (Å²) in [5, 5.41) is 0. The summed E-state index contributed by atoms with van der Waals surface area (Å²) in [6.07, 6.45) is 1.33. The fourth-order valence-electron chi connectivity index (χ4n) is 0.796. The molecule has 6 heteroatoms. The highest BCUT2D eigenvalue weighted by molar-refractivity contribution is 7.80. The minimum atomic E-state index is -2.42. The monoisotopic (exact) mass is 197 g/mol. The Morgan fingerprint density at radius 3 is 2.77 bits per heavy atom. The van der Waals surface area contributed by atoms with E-state index in [1.165, 1.54) is 18.2 Å². The van der Waals surface area contributed by atoms with E-state index in [0.29, 0.717) is 0 Å². The van der Waals surface area contributed by atoms with E-state index in [1.807, 2.05) is 0 Å². The number of aliphatic imine (C=N–C) groups is 1. The first kappa shape index (κ1) is 9.60. The summed E-state index contributed by atoms with van der Waals surface area (Å²) in [6.45, 7) is 0. The average Bonchev–Trinajstić information content (AvgIpc) is 2.08. The van der Waals surface area contributed by atoms with Crippen LogP contribution in [-0.2, 0) is 16.1 Å². The summed E-state index contributed by atoms with van der Waals surface area (Å²) in [6, 6.07) is 6.25. The minimum absolute atomic E-state index is 0.238. The van der Waals surface area contributed by atoms with Crippen LogP contribution in [0.5, 0.6) is 0 Å². The van der Waals surface area contributed by atoms with Crippen LogP contribution in [0.3, 0.4) is 0 Å². The maximum absolute atomic E-state index is 10.3. The fourth-order valence-corrected chi connectivity index (χ4v) is 1.15. The lowest BCUT2D eigenvalue weighted by Gasteiger charge is -2.09. The predicted molar refractivity (Wildman–Crippen MR) is 46.8 cm³/mol. The van der Waals surface area contributed by atoms with E-state index >= 15 is 0 Å². The molecular formula is C7H5N2O3S-. The molecule has 1 aromatic carbocycles. The molecule has 0 fully saturated rings. The molecule has 13 heavy (non-hydrogen) atoms. The van der Waals surface area contributed by atoms with Crippen molar-refractivity contribution in [3.8, 4) is 0 Å². The third-order valence-corrected chi connectivity index (χ3v) is 1.65. The van der Waals surface area contributed by atoms with Gasteiger partial charge in [-0.2, -0.15) is 4.99 Å². The third kappa shape index (κ3) is 2.79. The average molecular weight is 197 g/mol. The Balaban J connectivity index is 3.04. The van der Waals surface area contributed by atoms with Gasteiger partial charge >= 0.3 is 0 Å². The molecule has 1 N–H and O–H groups in total. The molecule has 0 radical (unpaired) electrons. The second kappa shape index (κ2) is 4.51. The summed E-state index contributed by atoms with van der Waals surface area (Å²) in [5.41, 5.74) is 0.487. The molecule has 0 spiro atoms. The van der Waals surface area contributed by atoms with Gasteiger partial charge < -0.3 is 9.27 Å². The first-order valence-corrected chi connectivity index (χ1v) is 4.34. The summed E-state index contributed by atoms with van der Waals surface area (Å²) >= 11 is -2.42. The zero-order valence-corrected chi connectivity index (χ0v) is 7.21. The molecule has 0 saturated heterocycles. The van der Waals surface area contributed by atoms with Crippen molar-refractivity contribution in [2.24, 2.45) is 4.99 Å². The Morgan fingerprint density at radius 1 is 1.46 bits per heavy atom. The predicted octanol–water partition coefficient (Wildman–Crippen LogP) is 0.860. The van der Waals surface area contributed by atoms with Crippen LogP contribution in [0.25, 0.3) is 0 Å². The zero-order chi connectivity index (χ0) is 9.68. The summed E-state index contributed by atoms with van der Waals surface area (Å²) in [4.78, 5) is 13.3. The number of hydrogen-bond donors (Lipinski definition) is 1. The quantitative estimate of drug-likeness (QED) is 0.443. The Kier molecular flexibility index (Phi) is 3.33. The van der Waals surface area contributed by atoms with Gasteiger partial charge in [-0.3, -0.25) is 4.21 Å². The van der Waals surface area contributed by atoms with Crippen LogP contribution in [-0.4, -0.2) is 14.8 Å². The molecule has 0 aliphatic heterocycles. The molecule has 0 heterocycles. The molecule has 0 bridgehead atoms. The van der Waals surface area contributed by atoms with Crippen LogP contribution < -0.4 is 4.72 Å². The van der Waals surface area contributed by atoms with Gasteiger partial charge in [0.15, 0.2) is 0 Å². The number of carbonyl (C=O) groups excluding carboxylic acids is 1. The standard InChI is InChI=1S/C7H6N2O3S/c10-5-8-6-3-1-2-4-7(6)9-13(11)12/h1-4,9H,(H,11,12)/p-1. The second-order valence-electron chi connectivity index (χ2n) is 2.06. The molecule has 1 rings (SSSR count). The highest BCUT2D eigenvalue weighted by Crippen LogP contribution is 2.23. The van der Waals surface area contributed by atoms with E-state index < -0.39 is 11.3 Å². The third-order valence-electron chi connectivity index (χ3n) is 1.26. The van der Waals surface area contributed by atoms with Crippen molar-refractivity contribution in [1.82, 2.24) is 0 Å². The highest BCUT2D eigenvalue weighted by atomic mass is 32.2. The molecule has 1 atom stereocenters. The van der Waals surface area contributed by atoms with Gasteiger partial charge in [-0.25, -0.2) is 4.79 Å². The second-order valence-corrected chi connectivity index (χ2v) is 2.73. The van der Waals surface area contributed by atoms with Gasteiger partial charge in [0.05, 0.1) is 5.69 Å². The number of benzene rings is 1. The Bertz CT molecular complexity index is 374. The molecule has 1 unspecified atom stereocenters. The van der Waals surface area contributed by atoms with Gasteiger partial charge in [0, 0.05) is 11.3 Å². The lowest BCUT2D eigenvalue weighted by molar-refractivity contribution is 0.542. The number of rotatable bonds is 3. The summed E-state index contributed by atoms with van der Waals surface area (Å²) < 4.78 is 22.6. The van der Waals surface area contributed by atoms with Crippen LogP contribution in [0, 0.1) is 0 Å². The largest absolute Gasteiger partial charge is 0.755 e. The Morgan fingerprint density at radius 2 is 2.15 bits per heavy atom. The number of hydrogen-bond acceptors (Lipinski definition) is 4. The number of isocyanates is 1. The fraction of sp³-hybridized carbons (Fsp3) is 0. The van der Waals surface area contributed by atoms with Crippen molar-refractivity contribution in [3.05, 3.63) is 24.3 Å². The minimum Gasteiger partial charge on any atom is -0.755 e. The van der Waals surface area contributed by atoms with Crippen LogP contribution >= 0.6 is 0 Å². The molecule has 5 nitrogen and oxygen atoms in total. The van der Waals surface area contributed by atoms with Gasteiger partial charge in [0.1, 0.15) is 5.69 Å². The van der Waals surface area contributed by atoms with E-state index in [2.05, 4.69) is 9.71 Å². The molecular weight excluding hydrogens is 192 g/mol. The molecule has 1 aromatic rings. The van der Waals surface area contributed by atoms with E-state index in [-0.39, 0.29) is 11.4 Å². The smallest absolute Gasteiger partial charge is 0.240 e. The van der Waals surface area contributed by atoms with Gasteiger partial charge in [0.25, 0.3) is 0 Å². The topological polar surface area (TPSA) is 81.6 Å². The number of nitrogens with one attached hydrogen (secondary N) is 1. The van der Waals surface area contributed by atoms with Crippen LogP contribution in [0.15, 0.2) is 29.3 Å². The number of para-hydroxylation sites is 2. The zero-order valence-electron chi connectivity index (χ0n) is 6.39. The summed E-state index contributed by atoms with van der Waals surface area (Å²) in [5.74, 6) is 0. The summed E-state index contributed by atoms with van der Waals surface area (Å²) in [7, 11) is 0. The molecule has 0 aliphatic carbocycles. The Labute approximate surface area is 76.9 Å². The van der Waals surface area contributed by atoms with E-state index in [9.17, 15) is 13.6 Å². The van der Waals surface area contributed by atoms with E-state index in [4.69, 9.17) is 0 Å². The van der Waals surface area contributed by atoms with Crippen molar-refractivity contribution >= 4 is 28.7 Å². The van der Waals surface area contributed by atoms with Gasteiger partial charge in [0.2, 0.25) is 6.08 Å². The lowest BCUT2D eigenvalue weighted by Crippen LogP contribution is -2.01. The number of anilines is 1. The van der Waals surface area contributed by atoms with E-state index in [0.717, 1.165) is 0 Å². The van der Waals surface area contributed by atoms with Gasteiger partial charge in [-0.1, -0.05) is 12.1 Å². The van der Waals surface area contributed by atoms with Crippen molar-refractivity contribution in [3.63, 3.8) is 0 Å². The molecule has 0 aliphatic rings. The first-order chi connectivity index (χ1) is 6.24. The maximum atomic E-state index is 10.3. The molecule has 0 saturated carbocycles. The van der Waals surface area contributed by atoms with Gasteiger partial charge in [-0.05, 0) is 12.1 Å². The van der Waals surface area contributed by atoms with Gasteiger partial charge in [-0.15, -0.1) is 0 Å². The normalized spacial score (nSPS) is 11.5. The first-order valence-electron chi connectivity index (χ1n) is 3.27. The van der Waals surface area contributed by atoms with E-state index in [1.54, 1.807) is 12.1 Å². The molecule has 0 amide bonds. The molecule has 0 aromatic heterocycles. The van der Waals surface area contributed by atoms with Crippen molar-refractivity contribution < 1.29 is 13.6 Å². The van der Waals surface area contributed by atoms with Crippen molar-refractivity contribution in [2.75, 3.05) is 4.72 Å². The van der Waals surface area contributed by atoms with Crippen molar-refractivity contribution in [1.29, 1.82) is 0 Å².